The van der Waals surface area contributed by atoms with E-state index >= 15 is 0 Å². The van der Waals surface area contributed by atoms with Gasteiger partial charge in [-0.15, -0.1) is 0 Å². The zero-order valence-corrected chi connectivity index (χ0v) is 15.5. The maximum Gasteiger partial charge on any atom is 0.338 e. The van der Waals surface area contributed by atoms with Crippen LogP contribution in [0.5, 0.6) is 0 Å². The molecule has 0 fully saturated rings. The number of hydrogen-bond acceptors (Lipinski definition) is 4. The minimum atomic E-state index is -3.60. The van der Waals surface area contributed by atoms with Crippen LogP contribution in [0.15, 0.2) is 53.4 Å². The van der Waals surface area contributed by atoms with Crippen LogP contribution in [0.4, 0.5) is 0 Å². The van der Waals surface area contributed by atoms with E-state index in [1.165, 1.54) is 16.4 Å². The van der Waals surface area contributed by atoms with Crippen molar-refractivity contribution in [3.8, 4) is 0 Å². The first-order valence-corrected chi connectivity index (χ1v) is 9.65. The predicted molar refractivity (Wildman–Crippen MR) is 96.8 cm³/mol. The lowest BCUT2D eigenvalue weighted by atomic mass is 10.1. The lowest BCUT2D eigenvalue weighted by Gasteiger charge is -2.18. The summed E-state index contributed by atoms with van der Waals surface area (Å²) in [5.74, 6) is -0.543. The standard InChI is InChI=1S/C19H23NO4S/c1-4-20(5-2)25(22,23)18-11-7-10-17(13-18)19(21)24-14-16-9-6-8-15(3)12-16/h6-13H,4-5,14H2,1-3H3. The Balaban J connectivity index is 2.16. The van der Waals surface area contributed by atoms with Gasteiger partial charge in [-0.05, 0) is 30.7 Å². The number of aryl methyl sites for hydroxylation is 1. The van der Waals surface area contributed by atoms with E-state index in [0.29, 0.717) is 13.1 Å². The fraction of sp³-hybridized carbons (Fsp3) is 0.316. The molecule has 0 saturated carbocycles. The third-order valence-corrected chi connectivity index (χ3v) is 5.91. The smallest absolute Gasteiger partial charge is 0.338 e. The number of nitrogens with zero attached hydrogens (tertiary/aromatic N) is 1. The SMILES string of the molecule is CCN(CC)S(=O)(=O)c1cccc(C(=O)OCc2cccc(C)c2)c1. The van der Waals surface area contributed by atoms with Gasteiger partial charge in [0.25, 0.3) is 0 Å². The summed E-state index contributed by atoms with van der Waals surface area (Å²) in [7, 11) is -3.60. The molecule has 0 aromatic heterocycles. The molecule has 0 spiro atoms. The molecule has 25 heavy (non-hydrogen) atoms. The Kier molecular flexibility index (Phi) is 6.33. The lowest BCUT2D eigenvalue weighted by molar-refractivity contribution is 0.0472. The second kappa shape index (κ2) is 8.27. The quantitative estimate of drug-likeness (QED) is 0.709. The van der Waals surface area contributed by atoms with E-state index in [-0.39, 0.29) is 17.1 Å². The first-order valence-electron chi connectivity index (χ1n) is 8.21. The molecule has 2 aromatic rings. The molecule has 0 aliphatic rings. The van der Waals surface area contributed by atoms with E-state index in [9.17, 15) is 13.2 Å². The molecule has 0 saturated heterocycles. The van der Waals surface area contributed by atoms with E-state index in [0.717, 1.165) is 11.1 Å². The Hall–Kier alpha value is -2.18. The summed E-state index contributed by atoms with van der Waals surface area (Å²) in [5.41, 5.74) is 2.20. The molecule has 0 amide bonds. The number of rotatable bonds is 7. The molecular weight excluding hydrogens is 338 g/mol. The first kappa shape index (κ1) is 19.1. The van der Waals surface area contributed by atoms with Crippen molar-refractivity contribution >= 4 is 16.0 Å². The molecule has 0 N–H and O–H groups in total. The van der Waals surface area contributed by atoms with Crippen LogP contribution < -0.4 is 0 Å². The van der Waals surface area contributed by atoms with Gasteiger partial charge in [0, 0.05) is 13.1 Å². The van der Waals surface area contributed by atoms with Crippen molar-refractivity contribution in [3.05, 3.63) is 65.2 Å². The average molecular weight is 361 g/mol. The minimum Gasteiger partial charge on any atom is -0.457 e. The second-order valence-corrected chi connectivity index (χ2v) is 7.62. The van der Waals surface area contributed by atoms with Gasteiger partial charge in [-0.1, -0.05) is 49.7 Å². The Bertz CT molecular complexity index is 842. The number of carbonyl (C=O) groups is 1. The van der Waals surface area contributed by atoms with Crippen LogP contribution in [-0.4, -0.2) is 31.8 Å². The Morgan fingerprint density at radius 3 is 2.36 bits per heavy atom. The van der Waals surface area contributed by atoms with E-state index in [2.05, 4.69) is 0 Å². The summed E-state index contributed by atoms with van der Waals surface area (Å²) in [6.07, 6.45) is 0. The summed E-state index contributed by atoms with van der Waals surface area (Å²) in [6, 6.07) is 13.6. The molecule has 0 radical (unpaired) electrons. The van der Waals surface area contributed by atoms with Crippen LogP contribution in [0, 0.1) is 6.92 Å². The fourth-order valence-electron chi connectivity index (χ4n) is 2.53. The average Bonchev–Trinajstić information content (AvgIpc) is 2.60. The Labute approximate surface area is 149 Å². The van der Waals surface area contributed by atoms with Crippen molar-refractivity contribution in [1.29, 1.82) is 0 Å². The molecule has 0 bridgehead atoms. The highest BCUT2D eigenvalue weighted by Gasteiger charge is 2.22. The van der Waals surface area contributed by atoms with Crippen LogP contribution in [0.3, 0.4) is 0 Å². The van der Waals surface area contributed by atoms with Gasteiger partial charge in [0.05, 0.1) is 10.5 Å². The summed E-state index contributed by atoms with van der Waals surface area (Å²) in [4.78, 5) is 12.4. The van der Waals surface area contributed by atoms with Crippen molar-refractivity contribution in [2.24, 2.45) is 0 Å². The topological polar surface area (TPSA) is 63.7 Å². The van der Waals surface area contributed by atoms with Crippen molar-refractivity contribution < 1.29 is 17.9 Å². The molecule has 0 atom stereocenters. The van der Waals surface area contributed by atoms with Gasteiger partial charge in [0.1, 0.15) is 6.61 Å². The molecular formula is C19H23NO4S. The van der Waals surface area contributed by atoms with Crippen LogP contribution in [0.25, 0.3) is 0 Å². The molecule has 0 aliphatic heterocycles. The van der Waals surface area contributed by atoms with Gasteiger partial charge in [-0.2, -0.15) is 4.31 Å². The van der Waals surface area contributed by atoms with Gasteiger partial charge in [0.15, 0.2) is 0 Å². The zero-order chi connectivity index (χ0) is 18.4. The van der Waals surface area contributed by atoms with Crippen molar-refractivity contribution in [3.63, 3.8) is 0 Å². The van der Waals surface area contributed by atoms with Gasteiger partial charge in [-0.25, -0.2) is 13.2 Å². The highest BCUT2D eigenvalue weighted by molar-refractivity contribution is 7.89. The van der Waals surface area contributed by atoms with Gasteiger partial charge >= 0.3 is 5.97 Å². The molecule has 134 valence electrons. The van der Waals surface area contributed by atoms with Crippen LogP contribution in [0.2, 0.25) is 0 Å². The normalized spacial score (nSPS) is 11.5. The number of hydrogen-bond donors (Lipinski definition) is 0. The first-order chi connectivity index (χ1) is 11.9. The molecule has 2 aromatic carbocycles. The molecule has 0 heterocycles. The van der Waals surface area contributed by atoms with Crippen LogP contribution >= 0.6 is 0 Å². The summed E-state index contributed by atoms with van der Waals surface area (Å²) in [5, 5.41) is 0. The third-order valence-electron chi connectivity index (χ3n) is 3.87. The van der Waals surface area contributed by atoms with E-state index in [4.69, 9.17) is 4.74 Å². The molecule has 2 rings (SSSR count). The number of esters is 1. The number of sulfonamides is 1. The van der Waals surface area contributed by atoms with Gasteiger partial charge < -0.3 is 4.74 Å². The molecule has 0 unspecified atom stereocenters. The maximum atomic E-state index is 12.6. The van der Waals surface area contributed by atoms with Crippen LogP contribution in [0.1, 0.15) is 35.3 Å². The molecule has 6 heteroatoms. The largest absolute Gasteiger partial charge is 0.457 e. The van der Waals surface area contributed by atoms with E-state index < -0.39 is 16.0 Å². The fourth-order valence-corrected chi connectivity index (χ4v) is 4.03. The molecule has 0 aliphatic carbocycles. The Morgan fingerprint density at radius 1 is 1.04 bits per heavy atom. The number of carbonyl (C=O) groups excluding carboxylic acids is 1. The van der Waals surface area contributed by atoms with Gasteiger partial charge in [0.2, 0.25) is 10.0 Å². The van der Waals surface area contributed by atoms with Crippen molar-refractivity contribution in [1.82, 2.24) is 4.31 Å². The minimum absolute atomic E-state index is 0.0983. The lowest BCUT2D eigenvalue weighted by Crippen LogP contribution is -2.30. The second-order valence-electron chi connectivity index (χ2n) is 5.68. The summed E-state index contributed by atoms with van der Waals surface area (Å²) < 4.78 is 31.8. The van der Waals surface area contributed by atoms with E-state index in [1.807, 2.05) is 31.2 Å². The zero-order valence-electron chi connectivity index (χ0n) is 14.7. The monoisotopic (exact) mass is 361 g/mol. The third kappa shape index (κ3) is 4.67. The number of ether oxygens (including phenoxy) is 1. The van der Waals surface area contributed by atoms with Crippen molar-refractivity contribution in [2.75, 3.05) is 13.1 Å². The predicted octanol–water partition coefficient (Wildman–Crippen LogP) is 3.38. The van der Waals surface area contributed by atoms with Crippen molar-refractivity contribution in [2.45, 2.75) is 32.3 Å². The summed E-state index contributed by atoms with van der Waals surface area (Å²) >= 11 is 0. The Morgan fingerprint density at radius 2 is 1.72 bits per heavy atom. The summed E-state index contributed by atoms with van der Waals surface area (Å²) in [6.45, 7) is 6.42. The number of benzene rings is 2. The van der Waals surface area contributed by atoms with E-state index in [1.54, 1.807) is 26.0 Å². The highest BCUT2D eigenvalue weighted by atomic mass is 32.2. The molecule has 5 nitrogen and oxygen atoms in total. The highest BCUT2D eigenvalue weighted by Crippen LogP contribution is 2.18. The maximum absolute atomic E-state index is 12.6. The van der Waals surface area contributed by atoms with Gasteiger partial charge in [-0.3, -0.25) is 0 Å². The van der Waals surface area contributed by atoms with Crippen LogP contribution in [-0.2, 0) is 21.4 Å².